The maximum absolute atomic E-state index is 5.44. The maximum Gasteiger partial charge on any atom is 0.228 e. The Balaban J connectivity index is 1.56. The standard InChI is InChI=1S/C14H23N3O2/c1-10-2-4-11(5-3-10)14-16-13(19-17-14)8-12-9-18-7-6-15-12/h10-12,15H,2-9H2,1H3. The van der Waals surface area contributed by atoms with Crippen molar-refractivity contribution in [2.24, 2.45) is 5.92 Å². The van der Waals surface area contributed by atoms with Crippen molar-refractivity contribution in [1.82, 2.24) is 15.5 Å². The van der Waals surface area contributed by atoms with Gasteiger partial charge < -0.3 is 14.6 Å². The molecule has 0 amide bonds. The largest absolute Gasteiger partial charge is 0.378 e. The predicted octanol–water partition coefficient (Wildman–Crippen LogP) is 1.89. The summed E-state index contributed by atoms with van der Waals surface area (Å²) in [7, 11) is 0. The predicted molar refractivity (Wildman–Crippen MR) is 71.0 cm³/mol. The highest BCUT2D eigenvalue weighted by Crippen LogP contribution is 2.34. The maximum atomic E-state index is 5.44. The number of hydrogen-bond donors (Lipinski definition) is 1. The molecular formula is C14H23N3O2. The van der Waals surface area contributed by atoms with Crippen LogP contribution < -0.4 is 5.32 Å². The van der Waals surface area contributed by atoms with Crippen LogP contribution >= 0.6 is 0 Å². The minimum absolute atomic E-state index is 0.313. The van der Waals surface area contributed by atoms with Gasteiger partial charge >= 0.3 is 0 Å². The molecule has 0 spiro atoms. The molecule has 0 aromatic carbocycles. The van der Waals surface area contributed by atoms with Gasteiger partial charge in [-0.1, -0.05) is 24.9 Å². The zero-order valence-electron chi connectivity index (χ0n) is 11.6. The van der Waals surface area contributed by atoms with Gasteiger partial charge in [0.05, 0.1) is 13.2 Å². The van der Waals surface area contributed by atoms with E-state index in [1.165, 1.54) is 25.7 Å². The number of nitrogens with one attached hydrogen (secondary N) is 1. The van der Waals surface area contributed by atoms with Gasteiger partial charge in [-0.05, 0) is 18.8 Å². The van der Waals surface area contributed by atoms with Crippen LogP contribution in [0.2, 0.25) is 0 Å². The molecule has 1 unspecified atom stereocenters. The first-order valence-corrected chi connectivity index (χ1v) is 7.45. The molecule has 0 radical (unpaired) electrons. The first kappa shape index (κ1) is 13.1. The monoisotopic (exact) mass is 265 g/mol. The molecule has 2 heterocycles. The molecule has 19 heavy (non-hydrogen) atoms. The zero-order chi connectivity index (χ0) is 13.1. The van der Waals surface area contributed by atoms with Crippen LogP contribution in [0.25, 0.3) is 0 Å². The van der Waals surface area contributed by atoms with Crippen LogP contribution in [0, 0.1) is 5.92 Å². The highest BCUT2D eigenvalue weighted by atomic mass is 16.5. The topological polar surface area (TPSA) is 60.2 Å². The van der Waals surface area contributed by atoms with Crippen molar-refractivity contribution < 1.29 is 9.26 Å². The summed E-state index contributed by atoms with van der Waals surface area (Å²) in [5, 5.41) is 7.59. The van der Waals surface area contributed by atoms with Gasteiger partial charge in [0.1, 0.15) is 0 Å². The summed E-state index contributed by atoms with van der Waals surface area (Å²) >= 11 is 0. The van der Waals surface area contributed by atoms with Gasteiger partial charge in [-0.15, -0.1) is 0 Å². The van der Waals surface area contributed by atoms with Crippen molar-refractivity contribution >= 4 is 0 Å². The molecule has 2 fully saturated rings. The van der Waals surface area contributed by atoms with E-state index in [2.05, 4.69) is 22.4 Å². The first-order chi connectivity index (χ1) is 9.31. The van der Waals surface area contributed by atoms with Gasteiger partial charge in [0.2, 0.25) is 5.89 Å². The van der Waals surface area contributed by atoms with Crippen LogP contribution in [-0.2, 0) is 11.2 Å². The fourth-order valence-corrected chi connectivity index (χ4v) is 3.00. The Morgan fingerprint density at radius 2 is 2.11 bits per heavy atom. The number of ether oxygens (including phenoxy) is 1. The molecule has 1 saturated heterocycles. The van der Waals surface area contributed by atoms with Crippen molar-refractivity contribution in [3.8, 4) is 0 Å². The molecule has 1 saturated carbocycles. The number of morpholine rings is 1. The Morgan fingerprint density at radius 1 is 1.26 bits per heavy atom. The molecule has 1 aromatic heterocycles. The second-order valence-electron chi connectivity index (χ2n) is 5.93. The molecule has 1 aliphatic heterocycles. The fourth-order valence-electron chi connectivity index (χ4n) is 3.00. The van der Waals surface area contributed by atoms with Gasteiger partial charge in [0.15, 0.2) is 5.82 Å². The van der Waals surface area contributed by atoms with Crippen LogP contribution in [0.1, 0.15) is 50.2 Å². The summed E-state index contributed by atoms with van der Waals surface area (Å²) in [5.41, 5.74) is 0. The minimum Gasteiger partial charge on any atom is -0.378 e. The second-order valence-corrected chi connectivity index (χ2v) is 5.93. The normalized spacial score (nSPS) is 32.4. The number of rotatable bonds is 3. The summed E-state index contributed by atoms with van der Waals surface area (Å²) in [5.74, 6) is 3.02. The number of nitrogens with zero attached hydrogens (tertiary/aromatic N) is 2. The van der Waals surface area contributed by atoms with Crippen molar-refractivity contribution in [2.45, 2.75) is 51.0 Å². The van der Waals surface area contributed by atoms with E-state index in [0.717, 1.165) is 43.8 Å². The van der Waals surface area contributed by atoms with E-state index in [-0.39, 0.29) is 0 Å². The Hall–Kier alpha value is -0.940. The van der Waals surface area contributed by atoms with E-state index in [0.29, 0.717) is 12.0 Å². The number of hydrogen-bond acceptors (Lipinski definition) is 5. The Bertz CT molecular complexity index is 393. The fraction of sp³-hybridized carbons (Fsp3) is 0.857. The molecule has 2 aliphatic rings. The van der Waals surface area contributed by atoms with Crippen molar-refractivity contribution in [3.05, 3.63) is 11.7 Å². The van der Waals surface area contributed by atoms with Gasteiger partial charge in [-0.3, -0.25) is 0 Å². The van der Waals surface area contributed by atoms with E-state index in [1.54, 1.807) is 0 Å². The summed E-state index contributed by atoms with van der Waals surface area (Å²) in [6, 6.07) is 0.313. The molecule has 0 bridgehead atoms. The van der Waals surface area contributed by atoms with Crippen molar-refractivity contribution in [2.75, 3.05) is 19.8 Å². The molecule has 1 N–H and O–H groups in total. The van der Waals surface area contributed by atoms with Crippen LogP contribution in [0.15, 0.2) is 4.52 Å². The summed E-state index contributed by atoms with van der Waals surface area (Å²) in [6.07, 6.45) is 5.74. The Kier molecular flexibility index (Phi) is 4.13. The van der Waals surface area contributed by atoms with Gasteiger partial charge in [0.25, 0.3) is 0 Å². The molecular weight excluding hydrogens is 242 g/mol. The van der Waals surface area contributed by atoms with Gasteiger partial charge in [0, 0.05) is 24.9 Å². The lowest BCUT2D eigenvalue weighted by Crippen LogP contribution is -2.42. The minimum atomic E-state index is 0.313. The lowest BCUT2D eigenvalue weighted by atomic mass is 9.83. The van der Waals surface area contributed by atoms with Crippen molar-refractivity contribution in [3.63, 3.8) is 0 Å². The summed E-state index contributed by atoms with van der Waals surface area (Å²) in [6.45, 7) is 4.77. The summed E-state index contributed by atoms with van der Waals surface area (Å²) < 4.78 is 10.8. The highest BCUT2D eigenvalue weighted by Gasteiger charge is 2.25. The van der Waals surface area contributed by atoms with E-state index >= 15 is 0 Å². The smallest absolute Gasteiger partial charge is 0.228 e. The van der Waals surface area contributed by atoms with Crippen LogP contribution in [0.5, 0.6) is 0 Å². The highest BCUT2D eigenvalue weighted by molar-refractivity contribution is 4.98. The zero-order valence-corrected chi connectivity index (χ0v) is 11.6. The first-order valence-electron chi connectivity index (χ1n) is 7.45. The van der Waals surface area contributed by atoms with Crippen LogP contribution in [0.4, 0.5) is 0 Å². The lowest BCUT2D eigenvalue weighted by molar-refractivity contribution is 0.0744. The lowest BCUT2D eigenvalue weighted by Gasteiger charge is -2.23. The van der Waals surface area contributed by atoms with E-state index in [9.17, 15) is 0 Å². The van der Waals surface area contributed by atoms with Gasteiger partial charge in [-0.2, -0.15) is 4.98 Å². The third-order valence-corrected chi connectivity index (χ3v) is 4.28. The third kappa shape index (κ3) is 3.34. The summed E-state index contributed by atoms with van der Waals surface area (Å²) in [4.78, 5) is 4.58. The third-order valence-electron chi connectivity index (χ3n) is 4.28. The average Bonchev–Trinajstić information content (AvgIpc) is 2.89. The molecule has 1 aromatic rings. The molecule has 1 atom stereocenters. The van der Waals surface area contributed by atoms with E-state index in [1.807, 2.05) is 0 Å². The van der Waals surface area contributed by atoms with Gasteiger partial charge in [-0.25, -0.2) is 0 Å². The Labute approximate surface area is 114 Å². The van der Waals surface area contributed by atoms with E-state index in [4.69, 9.17) is 9.26 Å². The quantitative estimate of drug-likeness (QED) is 0.904. The molecule has 1 aliphatic carbocycles. The van der Waals surface area contributed by atoms with Crippen LogP contribution in [0.3, 0.4) is 0 Å². The molecule has 106 valence electrons. The second kappa shape index (κ2) is 6.01. The SMILES string of the molecule is CC1CCC(c2noc(CC3COCCN3)n2)CC1. The number of aromatic nitrogens is 2. The molecule has 3 rings (SSSR count). The average molecular weight is 265 g/mol. The van der Waals surface area contributed by atoms with Crippen LogP contribution in [-0.4, -0.2) is 35.9 Å². The molecule has 5 nitrogen and oxygen atoms in total. The van der Waals surface area contributed by atoms with Crippen molar-refractivity contribution in [1.29, 1.82) is 0 Å². The Morgan fingerprint density at radius 3 is 2.84 bits per heavy atom. The van der Waals surface area contributed by atoms with E-state index < -0.39 is 0 Å². The molecule has 5 heteroatoms.